The molecule has 118 valence electrons. The molecule has 1 fully saturated rings. The fourth-order valence-electron chi connectivity index (χ4n) is 3.07. The van der Waals surface area contributed by atoms with Gasteiger partial charge in [-0.05, 0) is 19.4 Å². The SMILES string of the molecule is Cc1cc2nc(C3CCN(C(=O)c4ccn[nH]4)C3)cc(=O)n2[nH]1. The molecule has 0 bridgehead atoms. The van der Waals surface area contributed by atoms with E-state index in [4.69, 9.17) is 0 Å². The summed E-state index contributed by atoms with van der Waals surface area (Å²) in [6.07, 6.45) is 2.36. The molecule has 23 heavy (non-hydrogen) atoms. The number of nitrogens with zero attached hydrogens (tertiary/aromatic N) is 4. The molecule has 1 saturated heterocycles. The number of aromatic nitrogens is 5. The van der Waals surface area contributed by atoms with Gasteiger partial charge in [0.25, 0.3) is 11.5 Å². The van der Waals surface area contributed by atoms with Gasteiger partial charge in [0.1, 0.15) is 5.69 Å². The van der Waals surface area contributed by atoms with Gasteiger partial charge in [0, 0.05) is 43.0 Å². The van der Waals surface area contributed by atoms with Crippen LogP contribution in [0, 0.1) is 6.92 Å². The molecule has 0 saturated carbocycles. The van der Waals surface area contributed by atoms with Gasteiger partial charge in [0.2, 0.25) is 0 Å². The Hall–Kier alpha value is -2.90. The Morgan fingerprint density at radius 1 is 1.39 bits per heavy atom. The van der Waals surface area contributed by atoms with Crippen molar-refractivity contribution in [1.29, 1.82) is 0 Å². The summed E-state index contributed by atoms with van der Waals surface area (Å²) < 4.78 is 1.43. The third-order valence-corrected chi connectivity index (χ3v) is 4.22. The van der Waals surface area contributed by atoms with Gasteiger partial charge >= 0.3 is 0 Å². The summed E-state index contributed by atoms with van der Waals surface area (Å²) in [5, 5.41) is 9.45. The number of fused-ring (bicyclic) bond motifs is 1. The molecule has 0 radical (unpaired) electrons. The Balaban J connectivity index is 1.60. The first-order chi connectivity index (χ1) is 11.1. The first kappa shape index (κ1) is 13.7. The van der Waals surface area contributed by atoms with Gasteiger partial charge in [-0.3, -0.25) is 19.8 Å². The molecule has 0 aliphatic carbocycles. The van der Waals surface area contributed by atoms with E-state index in [-0.39, 0.29) is 17.4 Å². The third-order valence-electron chi connectivity index (χ3n) is 4.22. The normalized spacial score (nSPS) is 18.0. The van der Waals surface area contributed by atoms with Crippen LogP contribution in [0.2, 0.25) is 0 Å². The van der Waals surface area contributed by atoms with Gasteiger partial charge in [0.15, 0.2) is 5.65 Å². The molecule has 0 aromatic carbocycles. The van der Waals surface area contributed by atoms with Crippen LogP contribution in [0.3, 0.4) is 0 Å². The molecule has 4 rings (SSSR count). The molecule has 3 aromatic rings. The van der Waals surface area contributed by atoms with Gasteiger partial charge in [-0.2, -0.15) is 5.10 Å². The number of H-pyrrole nitrogens is 2. The summed E-state index contributed by atoms with van der Waals surface area (Å²) in [5.41, 5.74) is 2.60. The van der Waals surface area contributed by atoms with Crippen molar-refractivity contribution in [2.24, 2.45) is 0 Å². The van der Waals surface area contributed by atoms with Crippen molar-refractivity contribution in [2.45, 2.75) is 19.3 Å². The molecule has 1 amide bonds. The molecular weight excluding hydrogens is 296 g/mol. The topological polar surface area (TPSA) is 99.2 Å². The standard InChI is InChI=1S/C15H16N6O2/c1-9-6-13-17-12(7-14(22)21(13)19-9)10-3-5-20(8-10)15(23)11-2-4-16-18-11/h2,4,6-7,10,19H,3,5,8H2,1H3,(H,16,18). The molecule has 1 unspecified atom stereocenters. The maximum absolute atomic E-state index is 12.3. The van der Waals surface area contributed by atoms with E-state index < -0.39 is 0 Å². The highest BCUT2D eigenvalue weighted by atomic mass is 16.2. The molecule has 8 heteroatoms. The van der Waals surface area contributed by atoms with E-state index in [0.717, 1.165) is 17.8 Å². The Bertz CT molecular complexity index is 923. The number of aromatic amines is 2. The lowest BCUT2D eigenvalue weighted by molar-refractivity contribution is 0.0785. The number of hydrogen-bond acceptors (Lipinski definition) is 4. The van der Waals surface area contributed by atoms with Crippen molar-refractivity contribution >= 4 is 11.6 Å². The van der Waals surface area contributed by atoms with E-state index >= 15 is 0 Å². The molecule has 1 atom stereocenters. The number of amides is 1. The van der Waals surface area contributed by atoms with Gasteiger partial charge in [0.05, 0.1) is 5.69 Å². The second-order valence-electron chi connectivity index (χ2n) is 5.86. The van der Waals surface area contributed by atoms with E-state index in [1.54, 1.807) is 23.2 Å². The fourth-order valence-corrected chi connectivity index (χ4v) is 3.07. The monoisotopic (exact) mass is 312 g/mol. The van der Waals surface area contributed by atoms with Crippen molar-refractivity contribution in [1.82, 2.24) is 29.7 Å². The van der Waals surface area contributed by atoms with Crippen molar-refractivity contribution in [2.75, 3.05) is 13.1 Å². The third kappa shape index (κ3) is 2.32. The quantitative estimate of drug-likeness (QED) is 0.727. The van der Waals surface area contributed by atoms with Crippen LogP contribution >= 0.6 is 0 Å². The predicted molar refractivity (Wildman–Crippen MR) is 82.4 cm³/mol. The Morgan fingerprint density at radius 2 is 2.26 bits per heavy atom. The largest absolute Gasteiger partial charge is 0.337 e. The van der Waals surface area contributed by atoms with E-state index in [1.807, 2.05) is 13.0 Å². The maximum atomic E-state index is 12.3. The van der Waals surface area contributed by atoms with Gasteiger partial charge in [-0.15, -0.1) is 0 Å². The van der Waals surface area contributed by atoms with Crippen molar-refractivity contribution in [3.63, 3.8) is 0 Å². The number of nitrogens with one attached hydrogen (secondary N) is 2. The van der Waals surface area contributed by atoms with E-state index in [0.29, 0.717) is 24.4 Å². The van der Waals surface area contributed by atoms with Crippen LogP contribution in [0.1, 0.15) is 34.2 Å². The lowest BCUT2D eigenvalue weighted by atomic mass is 10.0. The first-order valence-corrected chi connectivity index (χ1v) is 7.50. The van der Waals surface area contributed by atoms with Crippen LogP contribution in [-0.2, 0) is 0 Å². The molecule has 8 nitrogen and oxygen atoms in total. The highest BCUT2D eigenvalue weighted by molar-refractivity contribution is 5.92. The summed E-state index contributed by atoms with van der Waals surface area (Å²) in [4.78, 5) is 30.8. The maximum Gasteiger partial charge on any atom is 0.272 e. The van der Waals surface area contributed by atoms with Crippen LogP contribution in [0.15, 0.2) is 29.2 Å². The lowest BCUT2D eigenvalue weighted by Gasteiger charge is -2.15. The number of carbonyl (C=O) groups excluding carboxylic acids is 1. The zero-order valence-electron chi connectivity index (χ0n) is 12.6. The summed E-state index contributed by atoms with van der Waals surface area (Å²) in [6, 6.07) is 5.06. The smallest absolute Gasteiger partial charge is 0.272 e. The van der Waals surface area contributed by atoms with Gasteiger partial charge in [-0.25, -0.2) is 9.50 Å². The lowest BCUT2D eigenvalue weighted by Crippen LogP contribution is -2.29. The zero-order valence-corrected chi connectivity index (χ0v) is 12.6. The van der Waals surface area contributed by atoms with Crippen molar-refractivity contribution < 1.29 is 4.79 Å². The number of hydrogen-bond donors (Lipinski definition) is 2. The van der Waals surface area contributed by atoms with Crippen molar-refractivity contribution in [3.8, 4) is 0 Å². The van der Waals surface area contributed by atoms with E-state index in [9.17, 15) is 9.59 Å². The van der Waals surface area contributed by atoms with Crippen LogP contribution in [0.5, 0.6) is 0 Å². The second kappa shape index (κ2) is 5.08. The molecule has 2 N–H and O–H groups in total. The molecule has 0 spiro atoms. The first-order valence-electron chi connectivity index (χ1n) is 7.50. The molecule has 1 aliphatic heterocycles. The number of carbonyl (C=O) groups is 1. The highest BCUT2D eigenvalue weighted by Gasteiger charge is 2.29. The minimum atomic E-state index is -0.128. The second-order valence-corrected chi connectivity index (χ2v) is 5.86. The summed E-state index contributed by atoms with van der Waals surface area (Å²) in [7, 11) is 0. The zero-order chi connectivity index (χ0) is 16.0. The van der Waals surface area contributed by atoms with Gasteiger partial charge < -0.3 is 4.90 Å². The Kier molecular flexibility index (Phi) is 3.03. The van der Waals surface area contributed by atoms with Crippen molar-refractivity contribution in [3.05, 3.63) is 51.8 Å². The molecule has 3 aromatic heterocycles. The van der Waals surface area contributed by atoms with E-state index in [1.165, 1.54) is 4.52 Å². The minimum Gasteiger partial charge on any atom is -0.337 e. The molecular formula is C15H16N6O2. The van der Waals surface area contributed by atoms with Crippen LogP contribution in [-0.4, -0.2) is 48.7 Å². The van der Waals surface area contributed by atoms with E-state index in [2.05, 4.69) is 20.3 Å². The van der Waals surface area contributed by atoms with Crippen LogP contribution < -0.4 is 5.56 Å². The number of likely N-dealkylation sites (tertiary alicyclic amines) is 1. The number of aryl methyl sites for hydroxylation is 1. The molecule has 4 heterocycles. The Morgan fingerprint density at radius 3 is 3.04 bits per heavy atom. The minimum absolute atomic E-state index is 0.0692. The average molecular weight is 312 g/mol. The van der Waals surface area contributed by atoms with Crippen LogP contribution in [0.25, 0.3) is 5.65 Å². The van der Waals surface area contributed by atoms with Crippen LogP contribution in [0.4, 0.5) is 0 Å². The fraction of sp³-hybridized carbons (Fsp3) is 0.333. The molecule has 1 aliphatic rings. The average Bonchev–Trinajstić information content (AvgIpc) is 3.26. The summed E-state index contributed by atoms with van der Waals surface area (Å²) >= 11 is 0. The Labute approximate surface area is 131 Å². The number of rotatable bonds is 2. The van der Waals surface area contributed by atoms with Gasteiger partial charge in [-0.1, -0.05) is 0 Å². The predicted octanol–water partition coefficient (Wildman–Crippen LogP) is 0.684. The highest BCUT2D eigenvalue weighted by Crippen LogP contribution is 2.26. The summed E-state index contributed by atoms with van der Waals surface area (Å²) in [5.74, 6) is 0.00932. The summed E-state index contributed by atoms with van der Waals surface area (Å²) in [6.45, 7) is 3.09.